The van der Waals surface area contributed by atoms with Crippen molar-refractivity contribution < 1.29 is 23.1 Å². The van der Waals surface area contributed by atoms with Crippen LogP contribution in [-0.4, -0.2) is 43.0 Å². The summed E-state index contributed by atoms with van der Waals surface area (Å²) in [6.45, 7) is 0.751. The SMILES string of the molecule is CC(CC(N)=NO)NCCOCC(F)(F)F. The van der Waals surface area contributed by atoms with Crippen LogP contribution >= 0.6 is 0 Å². The molecule has 0 amide bonds. The molecule has 0 aliphatic heterocycles. The molecular weight excluding hydrogens is 227 g/mol. The normalized spacial score (nSPS) is 15.1. The first kappa shape index (κ1) is 15.0. The van der Waals surface area contributed by atoms with E-state index in [0.29, 0.717) is 6.42 Å². The van der Waals surface area contributed by atoms with Gasteiger partial charge in [0, 0.05) is 19.0 Å². The van der Waals surface area contributed by atoms with E-state index in [1.54, 1.807) is 6.92 Å². The quantitative estimate of drug-likeness (QED) is 0.202. The van der Waals surface area contributed by atoms with Crippen molar-refractivity contribution in [3.05, 3.63) is 0 Å². The highest BCUT2D eigenvalue weighted by atomic mass is 19.4. The molecule has 16 heavy (non-hydrogen) atoms. The van der Waals surface area contributed by atoms with E-state index in [4.69, 9.17) is 10.9 Å². The van der Waals surface area contributed by atoms with Crippen molar-refractivity contribution in [1.29, 1.82) is 0 Å². The second-order valence-corrected chi connectivity index (χ2v) is 3.32. The summed E-state index contributed by atoms with van der Waals surface area (Å²) in [6.07, 6.45) is -3.98. The highest BCUT2D eigenvalue weighted by Gasteiger charge is 2.27. The molecule has 0 aromatic heterocycles. The Bertz CT molecular complexity index is 221. The summed E-state index contributed by atoms with van der Waals surface area (Å²) in [5.74, 6) is 0.0659. The number of halogens is 3. The Morgan fingerprint density at radius 3 is 2.69 bits per heavy atom. The molecule has 0 spiro atoms. The zero-order chi connectivity index (χ0) is 12.6. The number of amidine groups is 1. The van der Waals surface area contributed by atoms with Gasteiger partial charge in [0.1, 0.15) is 12.4 Å². The molecule has 5 nitrogen and oxygen atoms in total. The minimum absolute atomic E-state index is 0.0416. The largest absolute Gasteiger partial charge is 0.411 e. The predicted octanol–water partition coefficient (Wildman–Crippen LogP) is 0.680. The third kappa shape index (κ3) is 9.53. The summed E-state index contributed by atoms with van der Waals surface area (Å²) in [6, 6.07) is -0.0922. The van der Waals surface area contributed by atoms with E-state index in [1.165, 1.54) is 0 Å². The predicted molar refractivity (Wildman–Crippen MR) is 52.4 cm³/mol. The maximum Gasteiger partial charge on any atom is 0.411 e. The van der Waals surface area contributed by atoms with E-state index in [2.05, 4.69) is 15.2 Å². The lowest BCUT2D eigenvalue weighted by Crippen LogP contribution is -2.34. The average molecular weight is 243 g/mol. The van der Waals surface area contributed by atoms with Gasteiger partial charge < -0.3 is 21.0 Å². The van der Waals surface area contributed by atoms with Crippen molar-refractivity contribution in [3.63, 3.8) is 0 Å². The number of alkyl halides is 3. The molecule has 0 saturated heterocycles. The molecule has 8 heteroatoms. The molecule has 96 valence electrons. The van der Waals surface area contributed by atoms with E-state index < -0.39 is 12.8 Å². The fourth-order valence-electron chi connectivity index (χ4n) is 0.992. The van der Waals surface area contributed by atoms with E-state index in [9.17, 15) is 13.2 Å². The highest BCUT2D eigenvalue weighted by Crippen LogP contribution is 2.13. The molecule has 0 fully saturated rings. The molecule has 0 heterocycles. The Morgan fingerprint density at radius 2 is 2.19 bits per heavy atom. The first-order valence-corrected chi connectivity index (χ1v) is 4.69. The van der Waals surface area contributed by atoms with Gasteiger partial charge in [0.2, 0.25) is 0 Å². The smallest absolute Gasteiger partial charge is 0.409 e. The number of nitrogens with one attached hydrogen (secondary N) is 1. The van der Waals surface area contributed by atoms with Crippen LogP contribution in [-0.2, 0) is 4.74 Å². The molecule has 0 aliphatic rings. The number of nitrogens with zero attached hydrogens (tertiary/aromatic N) is 1. The van der Waals surface area contributed by atoms with Gasteiger partial charge in [-0.1, -0.05) is 5.16 Å². The Labute approximate surface area is 91.4 Å². The summed E-state index contributed by atoms with van der Waals surface area (Å²) >= 11 is 0. The Morgan fingerprint density at radius 1 is 1.56 bits per heavy atom. The molecule has 0 rings (SSSR count). The summed E-state index contributed by atoms with van der Waals surface area (Å²) in [4.78, 5) is 0. The number of rotatable bonds is 7. The van der Waals surface area contributed by atoms with Gasteiger partial charge >= 0.3 is 6.18 Å². The average Bonchev–Trinajstić information content (AvgIpc) is 2.15. The van der Waals surface area contributed by atoms with Crippen molar-refractivity contribution in [2.75, 3.05) is 19.8 Å². The van der Waals surface area contributed by atoms with Crippen molar-refractivity contribution in [1.82, 2.24) is 5.32 Å². The summed E-state index contributed by atoms with van der Waals surface area (Å²) < 4.78 is 39.3. The second kappa shape index (κ2) is 7.29. The van der Waals surface area contributed by atoms with Crippen LogP contribution in [0, 0.1) is 0 Å². The molecule has 0 radical (unpaired) electrons. The van der Waals surface area contributed by atoms with Crippen LogP contribution in [0.1, 0.15) is 13.3 Å². The maximum atomic E-state index is 11.7. The van der Waals surface area contributed by atoms with Crippen LogP contribution in [0.5, 0.6) is 0 Å². The van der Waals surface area contributed by atoms with E-state index in [0.717, 1.165) is 0 Å². The van der Waals surface area contributed by atoms with E-state index in [-0.39, 0.29) is 25.0 Å². The van der Waals surface area contributed by atoms with Gasteiger partial charge in [-0.05, 0) is 6.92 Å². The Kier molecular flexibility index (Phi) is 6.82. The summed E-state index contributed by atoms with van der Waals surface area (Å²) in [5.41, 5.74) is 5.24. The van der Waals surface area contributed by atoms with E-state index in [1.807, 2.05) is 0 Å². The third-order valence-electron chi connectivity index (χ3n) is 1.65. The van der Waals surface area contributed by atoms with E-state index >= 15 is 0 Å². The Hall–Kier alpha value is -1.02. The molecule has 4 N–H and O–H groups in total. The van der Waals surface area contributed by atoms with Gasteiger partial charge in [-0.2, -0.15) is 13.2 Å². The lowest BCUT2D eigenvalue weighted by molar-refractivity contribution is -0.173. The van der Waals surface area contributed by atoms with Gasteiger partial charge in [0.25, 0.3) is 0 Å². The van der Waals surface area contributed by atoms with Gasteiger partial charge in [-0.25, -0.2) is 0 Å². The van der Waals surface area contributed by atoms with Crippen LogP contribution in [0.4, 0.5) is 13.2 Å². The fraction of sp³-hybridized carbons (Fsp3) is 0.875. The topological polar surface area (TPSA) is 79.9 Å². The van der Waals surface area contributed by atoms with Gasteiger partial charge in [0.05, 0.1) is 6.61 Å². The molecule has 1 atom stereocenters. The molecular formula is C8H16F3N3O2. The van der Waals surface area contributed by atoms with Crippen molar-refractivity contribution in [2.24, 2.45) is 10.9 Å². The lowest BCUT2D eigenvalue weighted by Gasteiger charge is -2.13. The third-order valence-corrected chi connectivity index (χ3v) is 1.65. The standard InChI is InChI=1S/C8H16F3N3O2/c1-6(4-7(12)14-15)13-2-3-16-5-8(9,10)11/h6,13,15H,2-5H2,1H3,(H2,12,14). The summed E-state index contributed by atoms with van der Waals surface area (Å²) in [7, 11) is 0. The molecule has 0 saturated carbocycles. The summed E-state index contributed by atoms with van der Waals surface area (Å²) in [5, 5.41) is 13.9. The molecule has 0 aromatic carbocycles. The number of oxime groups is 1. The van der Waals surface area contributed by atoms with Crippen LogP contribution in [0.3, 0.4) is 0 Å². The Balaban J connectivity index is 3.45. The number of nitrogens with two attached hydrogens (primary N) is 1. The van der Waals surface area contributed by atoms with Gasteiger partial charge in [-0.3, -0.25) is 0 Å². The lowest BCUT2D eigenvalue weighted by atomic mass is 10.2. The number of hydrogen-bond donors (Lipinski definition) is 3. The maximum absolute atomic E-state index is 11.7. The van der Waals surface area contributed by atoms with Gasteiger partial charge in [0.15, 0.2) is 0 Å². The molecule has 1 unspecified atom stereocenters. The molecule has 0 aliphatic carbocycles. The minimum Gasteiger partial charge on any atom is -0.409 e. The van der Waals surface area contributed by atoms with Crippen molar-refractivity contribution in [2.45, 2.75) is 25.6 Å². The number of hydrogen-bond acceptors (Lipinski definition) is 4. The zero-order valence-electron chi connectivity index (χ0n) is 8.92. The van der Waals surface area contributed by atoms with Gasteiger partial charge in [-0.15, -0.1) is 0 Å². The first-order valence-electron chi connectivity index (χ1n) is 4.69. The second-order valence-electron chi connectivity index (χ2n) is 3.32. The van der Waals surface area contributed by atoms with Crippen LogP contribution < -0.4 is 11.1 Å². The molecule has 0 bridgehead atoms. The minimum atomic E-state index is -4.29. The zero-order valence-corrected chi connectivity index (χ0v) is 8.92. The van der Waals surface area contributed by atoms with Crippen molar-refractivity contribution in [3.8, 4) is 0 Å². The molecule has 0 aromatic rings. The van der Waals surface area contributed by atoms with Crippen LogP contribution in [0.2, 0.25) is 0 Å². The number of ether oxygens (including phenoxy) is 1. The van der Waals surface area contributed by atoms with Crippen LogP contribution in [0.25, 0.3) is 0 Å². The van der Waals surface area contributed by atoms with Crippen LogP contribution in [0.15, 0.2) is 5.16 Å². The fourth-order valence-corrected chi connectivity index (χ4v) is 0.992. The van der Waals surface area contributed by atoms with Crippen molar-refractivity contribution >= 4 is 5.84 Å². The monoisotopic (exact) mass is 243 g/mol. The highest BCUT2D eigenvalue weighted by molar-refractivity contribution is 5.80. The first-order chi connectivity index (χ1) is 7.35.